The van der Waals surface area contributed by atoms with E-state index in [9.17, 15) is 0 Å². The minimum absolute atomic E-state index is 0.489. The highest BCUT2D eigenvalue weighted by molar-refractivity contribution is 4.96. The Hall–Kier alpha value is -0.160. The molecule has 0 bridgehead atoms. The molecule has 0 aromatic rings. The molecule has 0 radical (unpaired) electrons. The summed E-state index contributed by atoms with van der Waals surface area (Å²) in [6, 6.07) is 1.08. The van der Waals surface area contributed by atoms with Crippen molar-refractivity contribution in [3.8, 4) is 0 Å². The number of hydrogen-bond donors (Lipinski definition) is 2. The van der Waals surface area contributed by atoms with E-state index in [4.69, 9.17) is 5.84 Å². The maximum atomic E-state index is 5.66. The Morgan fingerprint density at radius 2 is 2.00 bits per heavy atom. The van der Waals surface area contributed by atoms with Gasteiger partial charge in [0.05, 0.1) is 0 Å². The molecule has 2 unspecified atom stereocenters. The lowest BCUT2D eigenvalue weighted by Crippen LogP contribution is -2.60. The zero-order valence-corrected chi connectivity index (χ0v) is 9.24. The standard InChI is InChI=1S/C10H22N4/c1-13-5-6-14(2)9(7-13)10(12-11)8-3-4-8/h8-10,12H,3-7,11H2,1-2H3. The smallest absolute Gasteiger partial charge is 0.0406 e. The van der Waals surface area contributed by atoms with Crippen molar-refractivity contribution in [3.63, 3.8) is 0 Å². The van der Waals surface area contributed by atoms with E-state index in [-0.39, 0.29) is 0 Å². The molecule has 4 heteroatoms. The van der Waals surface area contributed by atoms with Gasteiger partial charge in [0.15, 0.2) is 0 Å². The third-order valence-electron chi connectivity index (χ3n) is 3.64. The third-order valence-corrected chi connectivity index (χ3v) is 3.64. The Kier molecular flexibility index (Phi) is 3.07. The molecule has 2 atom stereocenters. The Labute approximate surface area is 86.4 Å². The van der Waals surface area contributed by atoms with Crippen molar-refractivity contribution in [2.24, 2.45) is 11.8 Å². The average Bonchev–Trinajstić information content (AvgIpc) is 2.96. The summed E-state index contributed by atoms with van der Waals surface area (Å²) < 4.78 is 0. The zero-order chi connectivity index (χ0) is 10.1. The average molecular weight is 198 g/mol. The van der Waals surface area contributed by atoms with Crippen LogP contribution in [0.2, 0.25) is 0 Å². The molecular formula is C10H22N4. The fourth-order valence-corrected chi connectivity index (χ4v) is 2.45. The molecule has 3 N–H and O–H groups in total. The fraction of sp³-hybridized carbons (Fsp3) is 1.00. The molecule has 0 amide bonds. The van der Waals surface area contributed by atoms with Crippen LogP contribution in [0.4, 0.5) is 0 Å². The maximum absolute atomic E-state index is 5.66. The van der Waals surface area contributed by atoms with Crippen molar-refractivity contribution in [2.45, 2.75) is 24.9 Å². The van der Waals surface area contributed by atoms with Crippen LogP contribution in [0, 0.1) is 5.92 Å². The van der Waals surface area contributed by atoms with E-state index in [1.165, 1.54) is 19.4 Å². The van der Waals surface area contributed by atoms with Crippen LogP contribution in [-0.4, -0.2) is 55.6 Å². The third kappa shape index (κ3) is 2.08. The number of hydrogen-bond acceptors (Lipinski definition) is 4. The van der Waals surface area contributed by atoms with Gasteiger partial charge in [-0.15, -0.1) is 0 Å². The van der Waals surface area contributed by atoms with E-state index < -0.39 is 0 Å². The van der Waals surface area contributed by atoms with Crippen LogP contribution in [-0.2, 0) is 0 Å². The van der Waals surface area contributed by atoms with E-state index >= 15 is 0 Å². The first kappa shape index (κ1) is 10.4. The summed E-state index contributed by atoms with van der Waals surface area (Å²) >= 11 is 0. The minimum atomic E-state index is 0.489. The van der Waals surface area contributed by atoms with Gasteiger partial charge in [0.2, 0.25) is 0 Å². The summed E-state index contributed by atoms with van der Waals surface area (Å²) in [6.07, 6.45) is 2.70. The Balaban J connectivity index is 1.97. The lowest BCUT2D eigenvalue weighted by Gasteiger charge is -2.41. The predicted molar refractivity (Wildman–Crippen MR) is 57.8 cm³/mol. The highest BCUT2D eigenvalue weighted by Gasteiger charge is 2.39. The van der Waals surface area contributed by atoms with Crippen LogP contribution in [0.5, 0.6) is 0 Å². The molecule has 1 heterocycles. The van der Waals surface area contributed by atoms with E-state index in [0.29, 0.717) is 12.1 Å². The molecule has 2 rings (SSSR count). The van der Waals surface area contributed by atoms with Crippen molar-refractivity contribution >= 4 is 0 Å². The molecular weight excluding hydrogens is 176 g/mol. The molecule has 1 saturated carbocycles. The molecule has 14 heavy (non-hydrogen) atoms. The molecule has 0 aromatic carbocycles. The molecule has 1 aliphatic heterocycles. The second kappa shape index (κ2) is 4.14. The molecule has 4 nitrogen and oxygen atoms in total. The predicted octanol–water partition coefficient (Wildman–Crippen LogP) is -0.526. The summed E-state index contributed by atoms with van der Waals surface area (Å²) in [5.74, 6) is 6.48. The summed E-state index contributed by atoms with van der Waals surface area (Å²) in [6.45, 7) is 3.48. The Bertz CT molecular complexity index is 193. The number of likely N-dealkylation sites (N-methyl/N-ethyl adjacent to an activating group) is 2. The van der Waals surface area contributed by atoms with Gasteiger partial charge >= 0.3 is 0 Å². The van der Waals surface area contributed by atoms with Crippen molar-refractivity contribution in [2.75, 3.05) is 33.7 Å². The van der Waals surface area contributed by atoms with Gasteiger partial charge in [-0.3, -0.25) is 16.2 Å². The first-order valence-corrected chi connectivity index (χ1v) is 5.57. The van der Waals surface area contributed by atoms with Crippen LogP contribution in [0.25, 0.3) is 0 Å². The van der Waals surface area contributed by atoms with E-state index in [2.05, 4.69) is 29.3 Å². The van der Waals surface area contributed by atoms with Crippen LogP contribution < -0.4 is 11.3 Å². The van der Waals surface area contributed by atoms with Gasteiger partial charge in [-0.2, -0.15) is 0 Å². The van der Waals surface area contributed by atoms with Crippen molar-refractivity contribution < 1.29 is 0 Å². The van der Waals surface area contributed by atoms with Crippen molar-refractivity contribution in [1.29, 1.82) is 0 Å². The molecule has 1 aliphatic carbocycles. The molecule has 1 saturated heterocycles. The Morgan fingerprint density at radius 3 is 2.57 bits per heavy atom. The number of hydrazine groups is 1. The maximum Gasteiger partial charge on any atom is 0.0406 e. The van der Waals surface area contributed by atoms with Crippen LogP contribution in [0.1, 0.15) is 12.8 Å². The van der Waals surface area contributed by atoms with Gasteiger partial charge in [-0.25, -0.2) is 0 Å². The summed E-state index contributed by atoms with van der Waals surface area (Å²) in [4.78, 5) is 4.85. The fourth-order valence-electron chi connectivity index (χ4n) is 2.45. The number of piperazine rings is 1. The summed E-state index contributed by atoms with van der Waals surface area (Å²) in [7, 11) is 4.41. The monoisotopic (exact) mass is 198 g/mol. The largest absolute Gasteiger partial charge is 0.303 e. The number of nitrogens with two attached hydrogens (primary N) is 1. The summed E-state index contributed by atoms with van der Waals surface area (Å²) in [5.41, 5.74) is 3.02. The second-order valence-electron chi connectivity index (χ2n) is 4.84. The normalized spacial score (nSPS) is 33.2. The lowest BCUT2D eigenvalue weighted by atomic mass is 10.0. The van der Waals surface area contributed by atoms with Crippen molar-refractivity contribution in [3.05, 3.63) is 0 Å². The number of nitrogens with zero attached hydrogens (tertiary/aromatic N) is 2. The van der Waals surface area contributed by atoms with Gasteiger partial charge in [-0.1, -0.05) is 0 Å². The Morgan fingerprint density at radius 1 is 1.29 bits per heavy atom. The minimum Gasteiger partial charge on any atom is -0.303 e. The van der Waals surface area contributed by atoms with Crippen LogP contribution in [0.3, 0.4) is 0 Å². The first-order valence-electron chi connectivity index (χ1n) is 5.57. The van der Waals surface area contributed by atoms with E-state index in [0.717, 1.165) is 19.0 Å². The van der Waals surface area contributed by atoms with Crippen LogP contribution >= 0.6 is 0 Å². The second-order valence-corrected chi connectivity index (χ2v) is 4.84. The topological polar surface area (TPSA) is 44.5 Å². The summed E-state index contributed by atoms with van der Waals surface area (Å²) in [5, 5.41) is 0. The van der Waals surface area contributed by atoms with Gasteiger partial charge < -0.3 is 4.90 Å². The number of rotatable bonds is 3. The highest BCUT2D eigenvalue weighted by Crippen LogP contribution is 2.35. The van der Waals surface area contributed by atoms with E-state index in [1.807, 2.05) is 0 Å². The zero-order valence-electron chi connectivity index (χ0n) is 9.24. The van der Waals surface area contributed by atoms with Gasteiger partial charge in [0, 0.05) is 31.7 Å². The first-order chi connectivity index (χ1) is 6.72. The molecule has 0 aromatic heterocycles. The number of nitrogens with one attached hydrogen (secondary N) is 1. The van der Waals surface area contributed by atoms with Gasteiger partial charge in [0.25, 0.3) is 0 Å². The van der Waals surface area contributed by atoms with Crippen LogP contribution in [0.15, 0.2) is 0 Å². The van der Waals surface area contributed by atoms with Crippen molar-refractivity contribution in [1.82, 2.24) is 15.2 Å². The molecule has 2 fully saturated rings. The van der Waals surface area contributed by atoms with Gasteiger partial charge in [-0.05, 0) is 32.9 Å². The SMILES string of the molecule is CN1CCN(C)C(C(NN)C2CC2)C1. The highest BCUT2D eigenvalue weighted by atomic mass is 15.3. The quantitative estimate of drug-likeness (QED) is 0.473. The van der Waals surface area contributed by atoms with E-state index in [1.54, 1.807) is 0 Å². The molecule has 2 aliphatic rings. The van der Waals surface area contributed by atoms with Gasteiger partial charge in [0.1, 0.15) is 0 Å². The molecule has 0 spiro atoms. The lowest BCUT2D eigenvalue weighted by molar-refractivity contribution is 0.0817. The molecule has 82 valence electrons.